The second-order valence-electron chi connectivity index (χ2n) is 1.34. The summed E-state index contributed by atoms with van der Waals surface area (Å²) in [7, 11) is 0. The highest BCUT2D eigenvalue weighted by atomic mass is 79.9. The van der Waals surface area contributed by atoms with E-state index in [0.29, 0.717) is 0 Å². The van der Waals surface area contributed by atoms with Crippen molar-refractivity contribution in [2.45, 2.75) is 5.38 Å². The largest absolute Gasteiger partial charge is 0.113 e. The third-order valence-electron chi connectivity index (χ3n) is 0.799. The summed E-state index contributed by atoms with van der Waals surface area (Å²) in [6.07, 6.45) is 5.80. The number of hydrogen-bond donors (Lipinski definition) is 0. The van der Waals surface area contributed by atoms with Crippen molar-refractivity contribution in [1.29, 1.82) is 0 Å². The van der Waals surface area contributed by atoms with E-state index in [1.165, 1.54) is 0 Å². The zero-order valence-electron chi connectivity index (χ0n) is 3.57. The third kappa shape index (κ3) is 1.07. The van der Waals surface area contributed by atoms with Gasteiger partial charge in [-0.2, -0.15) is 0 Å². The van der Waals surface area contributed by atoms with Gasteiger partial charge in [-0.25, -0.2) is 0 Å². The molecule has 1 aliphatic carbocycles. The Balaban J connectivity index is 2.69. The van der Waals surface area contributed by atoms with E-state index in [-0.39, 0.29) is 5.38 Å². The number of halogens is 2. The minimum absolute atomic E-state index is 0.0833. The second kappa shape index (κ2) is 2.01. The van der Waals surface area contributed by atoms with Crippen molar-refractivity contribution in [3.63, 3.8) is 0 Å². The molecule has 2 heteroatoms. The van der Waals surface area contributed by atoms with Crippen LogP contribution in [0.1, 0.15) is 0 Å². The zero-order valence-corrected chi connectivity index (χ0v) is 5.91. The lowest BCUT2D eigenvalue weighted by atomic mass is 10.5. The molecule has 0 fully saturated rings. The standard InChI is InChI=1S/C5H4BrCl/c6-4-2-1-3-5(4)7/h1-3,5H. The molecule has 7 heavy (non-hydrogen) atoms. The number of allylic oxidation sites excluding steroid dienone is 4. The Morgan fingerprint density at radius 3 is 2.57 bits per heavy atom. The summed E-state index contributed by atoms with van der Waals surface area (Å²) in [6.45, 7) is 0. The molecule has 0 aliphatic heterocycles. The predicted molar refractivity (Wildman–Crippen MR) is 35.8 cm³/mol. The monoisotopic (exact) mass is 178 g/mol. The summed E-state index contributed by atoms with van der Waals surface area (Å²) in [5.41, 5.74) is 0. The van der Waals surface area contributed by atoms with Gasteiger partial charge in [-0.05, 0) is 0 Å². The van der Waals surface area contributed by atoms with E-state index in [0.717, 1.165) is 4.48 Å². The molecule has 0 saturated heterocycles. The highest BCUT2D eigenvalue weighted by molar-refractivity contribution is 9.11. The lowest BCUT2D eigenvalue weighted by Crippen LogP contribution is -1.84. The van der Waals surface area contributed by atoms with Crippen LogP contribution >= 0.6 is 27.5 Å². The first-order valence-electron chi connectivity index (χ1n) is 1.98. The van der Waals surface area contributed by atoms with E-state index >= 15 is 0 Å². The van der Waals surface area contributed by atoms with Crippen LogP contribution in [0.2, 0.25) is 0 Å². The van der Waals surface area contributed by atoms with Crippen molar-refractivity contribution in [2.24, 2.45) is 0 Å². The fourth-order valence-corrected chi connectivity index (χ4v) is 0.891. The Morgan fingerprint density at radius 1 is 1.71 bits per heavy atom. The summed E-state index contributed by atoms with van der Waals surface area (Å²) in [6, 6.07) is 0. The van der Waals surface area contributed by atoms with Crippen molar-refractivity contribution >= 4 is 27.5 Å². The first-order chi connectivity index (χ1) is 3.30. The smallest absolute Gasteiger partial charge is 0.0833 e. The molecule has 0 aromatic rings. The predicted octanol–water partition coefficient (Wildman–Crippen LogP) is 2.44. The van der Waals surface area contributed by atoms with Crippen molar-refractivity contribution in [2.75, 3.05) is 0 Å². The summed E-state index contributed by atoms with van der Waals surface area (Å²) >= 11 is 8.93. The summed E-state index contributed by atoms with van der Waals surface area (Å²) in [5.74, 6) is 0. The Bertz CT molecular complexity index is 126. The first-order valence-corrected chi connectivity index (χ1v) is 3.21. The summed E-state index contributed by atoms with van der Waals surface area (Å²) in [4.78, 5) is 0. The van der Waals surface area contributed by atoms with E-state index in [2.05, 4.69) is 15.9 Å². The third-order valence-corrected chi connectivity index (χ3v) is 2.20. The molecule has 1 atom stereocenters. The second-order valence-corrected chi connectivity index (χ2v) is 2.72. The zero-order chi connectivity index (χ0) is 5.28. The Morgan fingerprint density at radius 2 is 2.43 bits per heavy atom. The van der Waals surface area contributed by atoms with Gasteiger partial charge in [0, 0.05) is 4.48 Å². The van der Waals surface area contributed by atoms with Gasteiger partial charge < -0.3 is 0 Å². The Labute approximate surface area is 56.0 Å². The maximum absolute atomic E-state index is 5.66. The molecule has 0 heterocycles. The molecule has 0 aromatic carbocycles. The van der Waals surface area contributed by atoms with Gasteiger partial charge in [0.25, 0.3) is 0 Å². The number of alkyl halides is 1. The molecular weight excluding hydrogens is 175 g/mol. The highest BCUT2D eigenvalue weighted by Crippen LogP contribution is 2.22. The maximum atomic E-state index is 5.66. The molecule has 0 spiro atoms. The molecule has 0 radical (unpaired) electrons. The fraction of sp³-hybridized carbons (Fsp3) is 0.200. The van der Waals surface area contributed by atoms with E-state index in [9.17, 15) is 0 Å². The van der Waals surface area contributed by atoms with Crippen molar-refractivity contribution < 1.29 is 0 Å². The summed E-state index contributed by atoms with van der Waals surface area (Å²) in [5, 5.41) is 0.0833. The molecular formula is C5H4BrCl. The minimum Gasteiger partial charge on any atom is -0.113 e. The lowest BCUT2D eigenvalue weighted by molar-refractivity contribution is 1.43. The summed E-state index contributed by atoms with van der Waals surface area (Å²) < 4.78 is 1.05. The quantitative estimate of drug-likeness (QED) is 0.501. The first kappa shape index (κ1) is 5.39. The van der Waals surface area contributed by atoms with Gasteiger partial charge in [0.1, 0.15) is 0 Å². The normalized spacial score (nSPS) is 28.3. The van der Waals surface area contributed by atoms with Crippen LogP contribution in [0.25, 0.3) is 0 Å². The van der Waals surface area contributed by atoms with Crippen LogP contribution in [0, 0.1) is 0 Å². The molecule has 0 N–H and O–H groups in total. The van der Waals surface area contributed by atoms with Gasteiger partial charge in [0.05, 0.1) is 5.38 Å². The lowest BCUT2D eigenvalue weighted by Gasteiger charge is -1.91. The van der Waals surface area contributed by atoms with Gasteiger partial charge in [0.2, 0.25) is 0 Å². The molecule has 1 rings (SSSR count). The molecule has 0 aromatic heterocycles. The van der Waals surface area contributed by atoms with E-state index in [1.807, 2.05) is 18.2 Å². The molecule has 1 unspecified atom stereocenters. The van der Waals surface area contributed by atoms with Crippen LogP contribution in [-0.4, -0.2) is 5.38 Å². The van der Waals surface area contributed by atoms with Crippen LogP contribution in [0.4, 0.5) is 0 Å². The van der Waals surface area contributed by atoms with Crippen LogP contribution < -0.4 is 0 Å². The van der Waals surface area contributed by atoms with Gasteiger partial charge in [-0.15, -0.1) is 11.6 Å². The van der Waals surface area contributed by atoms with E-state index < -0.39 is 0 Å². The number of hydrogen-bond acceptors (Lipinski definition) is 0. The van der Waals surface area contributed by atoms with E-state index in [1.54, 1.807) is 0 Å². The van der Waals surface area contributed by atoms with Crippen LogP contribution in [0.15, 0.2) is 22.7 Å². The molecule has 1 aliphatic rings. The van der Waals surface area contributed by atoms with Crippen molar-refractivity contribution in [1.82, 2.24) is 0 Å². The molecule has 0 bridgehead atoms. The van der Waals surface area contributed by atoms with Gasteiger partial charge in [-0.1, -0.05) is 34.2 Å². The maximum Gasteiger partial charge on any atom is 0.0833 e. The van der Waals surface area contributed by atoms with Crippen molar-refractivity contribution in [3.8, 4) is 0 Å². The van der Waals surface area contributed by atoms with Gasteiger partial charge in [-0.3, -0.25) is 0 Å². The fourth-order valence-electron chi connectivity index (χ4n) is 0.429. The minimum atomic E-state index is 0.0833. The topological polar surface area (TPSA) is 0 Å². The Hall–Kier alpha value is 0.250. The van der Waals surface area contributed by atoms with Crippen LogP contribution in [0.3, 0.4) is 0 Å². The molecule has 38 valence electrons. The SMILES string of the molecule is ClC1C=CC=C1Br. The van der Waals surface area contributed by atoms with E-state index in [4.69, 9.17) is 11.6 Å². The molecule has 0 saturated carbocycles. The average Bonchev–Trinajstić information content (AvgIpc) is 1.91. The highest BCUT2D eigenvalue weighted by Gasteiger charge is 2.05. The van der Waals surface area contributed by atoms with Crippen molar-refractivity contribution in [3.05, 3.63) is 22.7 Å². The van der Waals surface area contributed by atoms with Gasteiger partial charge >= 0.3 is 0 Å². The number of rotatable bonds is 0. The molecule has 0 nitrogen and oxygen atoms in total. The average molecular weight is 179 g/mol. The van der Waals surface area contributed by atoms with Crippen LogP contribution in [0.5, 0.6) is 0 Å². The Kier molecular flexibility index (Phi) is 1.55. The van der Waals surface area contributed by atoms with Gasteiger partial charge in [0.15, 0.2) is 0 Å². The van der Waals surface area contributed by atoms with Crippen LogP contribution in [-0.2, 0) is 0 Å². The molecule has 0 amide bonds.